The van der Waals surface area contributed by atoms with E-state index in [2.05, 4.69) is 15.4 Å². The highest BCUT2D eigenvalue weighted by molar-refractivity contribution is 7.89. The molecule has 1 aliphatic heterocycles. The highest BCUT2D eigenvalue weighted by atomic mass is 32.2. The molecule has 3 aromatic heterocycles. The van der Waals surface area contributed by atoms with Gasteiger partial charge in [-0.25, -0.2) is 18.2 Å². The van der Waals surface area contributed by atoms with Crippen LogP contribution in [0.15, 0.2) is 15.9 Å². The molecule has 2 fully saturated rings. The first-order valence-corrected chi connectivity index (χ1v) is 13.3. The van der Waals surface area contributed by atoms with E-state index in [9.17, 15) is 13.2 Å². The van der Waals surface area contributed by atoms with Gasteiger partial charge in [0.25, 0.3) is 0 Å². The third-order valence-electron chi connectivity index (χ3n) is 7.35. The van der Waals surface area contributed by atoms with Gasteiger partial charge >= 0.3 is 5.69 Å². The molecule has 2 aliphatic rings. The summed E-state index contributed by atoms with van der Waals surface area (Å²) in [6.45, 7) is 4.34. The van der Waals surface area contributed by atoms with Crippen molar-refractivity contribution in [3.63, 3.8) is 0 Å². The maximum absolute atomic E-state index is 13.2. The number of fused-ring (bicyclic) bond motifs is 1. The zero-order valence-electron chi connectivity index (χ0n) is 20.2. The lowest BCUT2D eigenvalue weighted by atomic mass is 10.1. The number of imidazole rings is 1. The van der Waals surface area contributed by atoms with Crippen molar-refractivity contribution in [1.82, 2.24) is 33.2 Å². The Morgan fingerprint density at radius 3 is 2.35 bits per heavy atom. The second-order valence-corrected chi connectivity index (χ2v) is 11.4. The van der Waals surface area contributed by atoms with Crippen molar-refractivity contribution in [3.8, 4) is 0 Å². The first kappa shape index (κ1) is 23.0. The van der Waals surface area contributed by atoms with Gasteiger partial charge in [-0.3, -0.25) is 13.8 Å². The Hall–Kier alpha value is -2.73. The number of aryl methyl sites for hydroxylation is 3. The van der Waals surface area contributed by atoms with Crippen LogP contribution < -0.4 is 11.0 Å². The number of nitrogens with one attached hydrogen (secondary N) is 1. The van der Waals surface area contributed by atoms with Crippen LogP contribution in [0.5, 0.6) is 0 Å². The molecule has 1 saturated heterocycles. The number of rotatable bonds is 5. The zero-order chi connectivity index (χ0) is 24.2. The van der Waals surface area contributed by atoms with Gasteiger partial charge in [-0.2, -0.15) is 14.4 Å². The average Bonchev–Trinajstić information content (AvgIpc) is 3.47. The maximum Gasteiger partial charge on any atom is 0.330 e. The van der Waals surface area contributed by atoms with Crippen molar-refractivity contribution in [3.05, 3.63) is 28.1 Å². The van der Waals surface area contributed by atoms with Crippen molar-refractivity contribution in [2.24, 2.45) is 14.1 Å². The van der Waals surface area contributed by atoms with Gasteiger partial charge in [-0.15, -0.1) is 0 Å². The van der Waals surface area contributed by atoms with Gasteiger partial charge in [0, 0.05) is 39.3 Å². The van der Waals surface area contributed by atoms with Crippen LogP contribution in [0.25, 0.3) is 11.2 Å². The zero-order valence-corrected chi connectivity index (χ0v) is 21.0. The van der Waals surface area contributed by atoms with Crippen molar-refractivity contribution in [1.29, 1.82) is 0 Å². The monoisotopic (exact) mass is 488 g/mol. The fourth-order valence-electron chi connectivity index (χ4n) is 5.38. The van der Waals surface area contributed by atoms with Crippen LogP contribution in [0.4, 0.5) is 5.95 Å². The summed E-state index contributed by atoms with van der Waals surface area (Å²) in [5.41, 5.74) is 2.52. The summed E-state index contributed by atoms with van der Waals surface area (Å²) in [6.07, 6.45) is 7.23. The van der Waals surface area contributed by atoms with Gasteiger partial charge in [-0.1, -0.05) is 12.8 Å². The Morgan fingerprint density at radius 1 is 1.06 bits per heavy atom. The van der Waals surface area contributed by atoms with Gasteiger partial charge in [0.05, 0.1) is 17.6 Å². The topological polar surface area (TPSA) is 120 Å². The van der Waals surface area contributed by atoms with Crippen LogP contribution in [-0.4, -0.2) is 60.7 Å². The van der Waals surface area contributed by atoms with Crippen LogP contribution in [-0.2, 0) is 24.1 Å². The van der Waals surface area contributed by atoms with Gasteiger partial charge in [0.2, 0.25) is 16.0 Å². The molecule has 0 bridgehead atoms. The minimum Gasteiger partial charge on any atom is -0.351 e. The van der Waals surface area contributed by atoms with E-state index in [0.717, 1.165) is 31.2 Å². The molecule has 5 rings (SSSR count). The van der Waals surface area contributed by atoms with Gasteiger partial charge < -0.3 is 5.32 Å². The van der Waals surface area contributed by atoms with E-state index >= 15 is 0 Å². The summed E-state index contributed by atoms with van der Waals surface area (Å²) >= 11 is 0. The predicted octanol–water partition coefficient (Wildman–Crippen LogP) is 1.86. The normalized spacial score (nSPS) is 18.8. The minimum absolute atomic E-state index is 0.0483. The molecule has 1 N–H and O–H groups in total. The maximum atomic E-state index is 13.2. The lowest BCUT2D eigenvalue weighted by Crippen LogP contribution is -2.42. The molecule has 0 aromatic carbocycles. The molecule has 1 saturated carbocycles. The number of hydrogen-bond acceptors (Lipinski definition) is 7. The van der Waals surface area contributed by atoms with Crippen molar-refractivity contribution in [2.45, 2.75) is 69.4 Å². The Morgan fingerprint density at radius 2 is 1.74 bits per heavy atom. The number of hydrogen-bond donors (Lipinski definition) is 1. The van der Waals surface area contributed by atoms with Crippen LogP contribution >= 0.6 is 0 Å². The van der Waals surface area contributed by atoms with E-state index in [1.54, 1.807) is 47.7 Å². The SMILES string of the molecule is Cc1nn(C)c(C)c1S(=O)(=O)N1CCC(Nc2ncc3c(n2)n(C2CCCC2)c(=O)n3C)CC1. The van der Waals surface area contributed by atoms with E-state index in [1.165, 1.54) is 0 Å². The lowest BCUT2D eigenvalue weighted by Gasteiger charge is -2.31. The van der Waals surface area contributed by atoms with Gasteiger partial charge in [-0.05, 0) is 39.5 Å². The molecule has 0 unspecified atom stereocenters. The molecular formula is C22H32N8O3S. The molecule has 11 nitrogen and oxygen atoms in total. The smallest absolute Gasteiger partial charge is 0.330 e. The number of piperidine rings is 1. The van der Waals surface area contributed by atoms with Gasteiger partial charge in [0.15, 0.2) is 5.65 Å². The second-order valence-electron chi connectivity index (χ2n) is 9.50. The number of aromatic nitrogens is 6. The summed E-state index contributed by atoms with van der Waals surface area (Å²) in [5, 5.41) is 7.64. The summed E-state index contributed by atoms with van der Waals surface area (Å²) < 4.78 is 33.1. The first-order chi connectivity index (χ1) is 16.2. The quantitative estimate of drug-likeness (QED) is 0.582. The van der Waals surface area contributed by atoms with Crippen LogP contribution in [0.1, 0.15) is 56.0 Å². The highest BCUT2D eigenvalue weighted by Crippen LogP contribution is 2.31. The average molecular weight is 489 g/mol. The third kappa shape index (κ3) is 3.72. The molecular weight excluding hydrogens is 456 g/mol. The first-order valence-electron chi connectivity index (χ1n) is 11.9. The molecule has 0 radical (unpaired) electrons. The predicted molar refractivity (Wildman–Crippen MR) is 128 cm³/mol. The summed E-state index contributed by atoms with van der Waals surface area (Å²) in [6, 6.07) is 0.238. The second kappa shape index (κ2) is 8.49. The molecule has 4 heterocycles. The van der Waals surface area contributed by atoms with Crippen molar-refractivity contribution in [2.75, 3.05) is 18.4 Å². The molecule has 12 heteroatoms. The molecule has 184 valence electrons. The summed E-state index contributed by atoms with van der Waals surface area (Å²) in [4.78, 5) is 22.3. The Bertz CT molecular complexity index is 1390. The molecule has 0 atom stereocenters. The van der Waals surface area contributed by atoms with E-state index in [4.69, 9.17) is 4.98 Å². The number of anilines is 1. The Kier molecular flexibility index (Phi) is 5.75. The number of nitrogens with zero attached hydrogens (tertiary/aromatic N) is 7. The molecule has 0 amide bonds. The lowest BCUT2D eigenvalue weighted by molar-refractivity contribution is 0.329. The van der Waals surface area contributed by atoms with E-state index in [0.29, 0.717) is 53.8 Å². The van der Waals surface area contributed by atoms with Crippen molar-refractivity contribution >= 4 is 27.1 Å². The van der Waals surface area contributed by atoms with Crippen molar-refractivity contribution < 1.29 is 8.42 Å². The van der Waals surface area contributed by atoms with E-state index in [1.807, 2.05) is 4.57 Å². The largest absolute Gasteiger partial charge is 0.351 e. The molecule has 3 aromatic rings. The fourth-order valence-corrected chi connectivity index (χ4v) is 7.25. The summed E-state index contributed by atoms with van der Waals surface area (Å²) in [7, 11) is -0.0790. The Labute approximate surface area is 198 Å². The van der Waals surface area contributed by atoms with Crippen LogP contribution in [0.2, 0.25) is 0 Å². The third-order valence-corrected chi connectivity index (χ3v) is 9.50. The molecule has 0 spiro atoms. The standard InChI is InChI=1S/C22H32N8O3S/c1-14-19(15(2)28(4)26-14)34(32,33)29-11-9-16(10-12-29)24-21-23-13-18-20(25-21)30(22(31)27(18)3)17-7-5-6-8-17/h13,16-17H,5-12H2,1-4H3,(H,23,24,25). The molecule has 34 heavy (non-hydrogen) atoms. The van der Waals surface area contributed by atoms with Gasteiger partial charge in [0.1, 0.15) is 10.4 Å². The number of sulfonamides is 1. The summed E-state index contributed by atoms with van der Waals surface area (Å²) in [5.74, 6) is 0.477. The minimum atomic E-state index is -3.59. The van der Waals surface area contributed by atoms with E-state index < -0.39 is 10.0 Å². The Balaban J connectivity index is 1.32. The van der Waals surface area contributed by atoms with E-state index in [-0.39, 0.29) is 17.8 Å². The fraction of sp³-hybridized carbons (Fsp3) is 0.636. The van der Waals surface area contributed by atoms with Crippen LogP contribution in [0, 0.1) is 13.8 Å². The van der Waals surface area contributed by atoms with Crippen LogP contribution in [0.3, 0.4) is 0 Å². The molecule has 1 aliphatic carbocycles. The highest BCUT2D eigenvalue weighted by Gasteiger charge is 2.33.